The minimum atomic E-state index is 0.196. The lowest BCUT2D eigenvalue weighted by molar-refractivity contribution is 0.525. The van der Waals surface area contributed by atoms with Crippen LogP contribution in [0.5, 0.6) is 0 Å². The minimum Gasteiger partial charge on any atom is -0.310 e. The van der Waals surface area contributed by atoms with Gasteiger partial charge in [-0.05, 0) is 31.5 Å². The molecule has 1 N–H and O–H groups in total. The molecule has 0 radical (unpaired) electrons. The van der Waals surface area contributed by atoms with Crippen LogP contribution in [0.15, 0.2) is 18.3 Å². The van der Waals surface area contributed by atoms with Crippen LogP contribution in [0.2, 0.25) is 5.02 Å². The third-order valence-electron chi connectivity index (χ3n) is 3.77. The Bertz CT molecular complexity index is 606. The predicted molar refractivity (Wildman–Crippen MR) is 86.7 cm³/mol. The summed E-state index contributed by atoms with van der Waals surface area (Å²) in [7, 11) is 1.96. The molecule has 0 spiro atoms. The van der Waals surface area contributed by atoms with Crippen LogP contribution in [0.3, 0.4) is 0 Å². The molecule has 0 aromatic carbocycles. The molecule has 2 heterocycles. The van der Waals surface area contributed by atoms with Crippen LogP contribution in [0.4, 0.5) is 0 Å². The van der Waals surface area contributed by atoms with Crippen LogP contribution in [0.1, 0.15) is 42.5 Å². The largest absolute Gasteiger partial charge is 0.310 e. The predicted octanol–water partition coefficient (Wildman–Crippen LogP) is 3.23. The van der Waals surface area contributed by atoms with E-state index in [1.807, 2.05) is 30.9 Å². The van der Waals surface area contributed by atoms with Crippen LogP contribution in [0, 0.1) is 6.92 Å². The Kier molecular flexibility index (Phi) is 5.37. The molecule has 1 atom stereocenters. The summed E-state index contributed by atoms with van der Waals surface area (Å²) in [5, 5.41) is 8.83. The van der Waals surface area contributed by atoms with Crippen molar-refractivity contribution in [1.82, 2.24) is 20.1 Å². The Morgan fingerprint density at radius 3 is 2.71 bits per heavy atom. The van der Waals surface area contributed by atoms with Gasteiger partial charge in [0.1, 0.15) is 0 Å². The van der Waals surface area contributed by atoms with Crippen molar-refractivity contribution in [2.45, 2.75) is 39.7 Å². The zero-order chi connectivity index (χ0) is 15.4. The Labute approximate surface area is 131 Å². The number of hydrogen-bond acceptors (Lipinski definition) is 3. The fourth-order valence-electron chi connectivity index (χ4n) is 2.64. The first-order chi connectivity index (χ1) is 10.1. The van der Waals surface area contributed by atoms with E-state index < -0.39 is 0 Å². The SMILES string of the molecule is CCNC(Cc1c(Cl)c(CC)nn1C)c1cccnc1C. The first-order valence-corrected chi connectivity index (χ1v) is 7.81. The first-order valence-electron chi connectivity index (χ1n) is 7.43. The molecule has 2 aromatic rings. The summed E-state index contributed by atoms with van der Waals surface area (Å²) in [4.78, 5) is 4.39. The van der Waals surface area contributed by atoms with Gasteiger partial charge in [-0.25, -0.2) is 0 Å². The number of halogens is 1. The van der Waals surface area contributed by atoms with E-state index in [-0.39, 0.29) is 6.04 Å². The molecule has 4 nitrogen and oxygen atoms in total. The average molecular weight is 307 g/mol. The molecule has 0 fully saturated rings. The smallest absolute Gasteiger partial charge is 0.0850 e. The maximum absolute atomic E-state index is 6.47. The fourth-order valence-corrected chi connectivity index (χ4v) is 3.01. The fraction of sp³-hybridized carbons (Fsp3) is 0.500. The second kappa shape index (κ2) is 7.05. The zero-order valence-corrected chi connectivity index (χ0v) is 13.9. The van der Waals surface area contributed by atoms with Crippen molar-refractivity contribution in [3.63, 3.8) is 0 Å². The Morgan fingerprint density at radius 1 is 1.38 bits per heavy atom. The molecule has 114 valence electrons. The van der Waals surface area contributed by atoms with Crippen molar-refractivity contribution in [3.8, 4) is 0 Å². The van der Waals surface area contributed by atoms with Crippen LogP contribution in [-0.2, 0) is 19.9 Å². The molecule has 0 aliphatic rings. The van der Waals surface area contributed by atoms with Gasteiger partial charge in [-0.2, -0.15) is 5.10 Å². The quantitative estimate of drug-likeness (QED) is 0.891. The minimum absolute atomic E-state index is 0.196. The van der Waals surface area contributed by atoms with Gasteiger partial charge in [0.15, 0.2) is 0 Å². The van der Waals surface area contributed by atoms with E-state index in [0.29, 0.717) is 0 Å². The number of likely N-dealkylation sites (N-methyl/N-ethyl adjacent to an activating group) is 1. The van der Waals surface area contributed by atoms with Gasteiger partial charge in [0.05, 0.1) is 16.4 Å². The molecule has 2 aromatic heterocycles. The van der Waals surface area contributed by atoms with Gasteiger partial charge in [-0.3, -0.25) is 9.67 Å². The highest BCUT2D eigenvalue weighted by atomic mass is 35.5. The third kappa shape index (κ3) is 3.44. The van der Waals surface area contributed by atoms with Crippen LogP contribution < -0.4 is 5.32 Å². The molecule has 21 heavy (non-hydrogen) atoms. The van der Waals surface area contributed by atoms with E-state index in [1.165, 1.54) is 5.56 Å². The van der Waals surface area contributed by atoms with E-state index >= 15 is 0 Å². The molecular formula is C16H23ClN4. The number of nitrogens with one attached hydrogen (secondary N) is 1. The Balaban J connectivity index is 2.33. The maximum atomic E-state index is 6.47. The molecule has 2 rings (SSSR count). The summed E-state index contributed by atoms with van der Waals surface area (Å²) >= 11 is 6.47. The molecule has 0 amide bonds. The van der Waals surface area contributed by atoms with Crippen LogP contribution in [-0.4, -0.2) is 21.3 Å². The summed E-state index contributed by atoms with van der Waals surface area (Å²) < 4.78 is 1.90. The molecule has 1 unspecified atom stereocenters. The van der Waals surface area contributed by atoms with Crippen molar-refractivity contribution >= 4 is 11.6 Å². The summed E-state index contributed by atoms with van der Waals surface area (Å²) in [6, 6.07) is 4.30. The van der Waals surface area contributed by atoms with Gasteiger partial charge in [0, 0.05) is 31.4 Å². The van der Waals surface area contributed by atoms with Crippen molar-refractivity contribution in [2.75, 3.05) is 6.54 Å². The number of nitrogens with zero attached hydrogens (tertiary/aromatic N) is 3. The summed E-state index contributed by atoms with van der Waals surface area (Å²) in [6.07, 6.45) is 3.49. The molecule has 5 heteroatoms. The Hall–Kier alpha value is -1.39. The first kappa shape index (κ1) is 16.0. The summed E-state index contributed by atoms with van der Waals surface area (Å²) in [5.41, 5.74) is 4.31. The number of pyridine rings is 1. The molecule has 0 saturated heterocycles. The topological polar surface area (TPSA) is 42.7 Å². The second-order valence-electron chi connectivity index (χ2n) is 5.18. The number of aromatic nitrogens is 3. The molecule has 0 saturated carbocycles. The molecule has 0 aliphatic carbocycles. The van der Waals surface area contributed by atoms with Crippen molar-refractivity contribution in [2.24, 2.45) is 7.05 Å². The number of hydrogen-bond donors (Lipinski definition) is 1. The number of aryl methyl sites for hydroxylation is 3. The average Bonchev–Trinajstić information content (AvgIpc) is 2.74. The zero-order valence-electron chi connectivity index (χ0n) is 13.2. The molecule has 0 aliphatic heterocycles. The molecular weight excluding hydrogens is 284 g/mol. The van der Waals surface area contributed by atoms with Crippen molar-refractivity contribution < 1.29 is 0 Å². The van der Waals surface area contributed by atoms with Gasteiger partial charge in [0.2, 0.25) is 0 Å². The normalized spacial score (nSPS) is 12.6. The standard InChI is InChI=1S/C16H23ClN4/c1-5-13-16(17)15(21(4)20-13)10-14(18-6-2)12-8-7-9-19-11(12)3/h7-9,14,18H,5-6,10H2,1-4H3. The van der Waals surface area contributed by atoms with E-state index in [4.69, 9.17) is 11.6 Å². The van der Waals surface area contributed by atoms with Crippen LogP contribution >= 0.6 is 11.6 Å². The van der Waals surface area contributed by atoms with Gasteiger partial charge in [-0.1, -0.05) is 31.5 Å². The van der Waals surface area contributed by atoms with E-state index in [2.05, 4.69) is 35.3 Å². The van der Waals surface area contributed by atoms with Gasteiger partial charge < -0.3 is 5.32 Å². The van der Waals surface area contributed by atoms with E-state index in [0.717, 1.165) is 41.5 Å². The lowest BCUT2D eigenvalue weighted by Gasteiger charge is -2.20. The van der Waals surface area contributed by atoms with E-state index in [1.54, 1.807) is 0 Å². The van der Waals surface area contributed by atoms with E-state index in [9.17, 15) is 0 Å². The van der Waals surface area contributed by atoms with Crippen LogP contribution in [0.25, 0.3) is 0 Å². The highest BCUT2D eigenvalue weighted by Gasteiger charge is 2.20. The monoisotopic (exact) mass is 306 g/mol. The highest BCUT2D eigenvalue weighted by molar-refractivity contribution is 6.31. The van der Waals surface area contributed by atoms with Gasteiger partial charge >= 0.3 is 0 Å². The lowest BCUT2D eigenvalue weighted by Crippen LogP contribution is -2.25. The van der Waals surface area contributed by atoms with Gasteiger partial charge in [0.25, 0.3) is 0 Å². The second-order valence-corrected chi connectivity index (χ2v) is 5.55. The summed E-state index contributed by atoms with van der Waals surface area (Å²) in [6.45, 7) is 7.13. The summed E-state index contributed by atoms with van der Waals surface area (Å²) in [5.74, 6) is 0. The molecule has 0 bridgehead atoms. The van der Waals surface area contributed by atoms with Gasteiger partial charge in [-0.15, -0.1) is 0 Å². The Morgan fingerprint density at radius 2 is 2.14 bits per heavy atom. The lowest BCUT2D eigenvalue weighted by atomic mass is 10.0. The highest BCUT2D eigenvalue weighted by Crippen LogP contribution is 2.27. The van der Waals surface area contributed by atoms with Crippen molar-refractivity contribution in [3.05, 3.63) is 46.0 Å². The maximum Gasteiger partial charge on any atom is 0.0850 e. The number of rotatable bonds is 6. The van der Waals surface area contributed by atoms with Crippen molar-refractivity contribution in [1.29, 1.82) is 0 Å². The third-order valence-corrected chi connectivity index (χ3v) is 4.21.